The topological polar surface area (TPSA) is 80.9 Å². The standard InChI is InChI=1S/C4H10O2S.C3H8O2/c5-1-3-7-4-2-6;1-3(5)2-4/h5-6H,1-4H2;3-5H,2H2,1H3. The Hall–Kier alpha value is 0.190. The van der Waals surface area contributed by atoms with Crippen molar-refractivity contribution in [2.24, 2.45) is 0 Å². The number of aliphatic hydroxyl groups is 4. The maximum absolute atomic E-state index is 8.19. The van der Waals surface area contributed by atoms with Crippen LogP contribution in [0.3, 0.4) is 0 Å². The fourth-order valence-corrected chi connectivity index (χ4v) is 0.693. The zero-order valence-electron chi connectivity index (χ0n) is 7.31. The molecule has 0 aliphatic rings. The number of hydrogen-bond acceptors (Lipinski definition) is 5. The number of hydrogen-bond donors (Lipinski definition) is 4. The van der Waals surface area contributed by atoms with Crippen LogP contribution < -0.4 is 0 Å². The van der Waals surface area contributed by atoms with Crippen LogP contribution >= 0.6 is 11.8 Å². The maximum Gasteiger partial charge on any atom is 0.0742 e. The smallest absolute Gasteiger partial charge is 0.0742 e. The molecule has 0 heterocycles. The van der Waals surface area contributed by atoms with E-state index in [-0.39, 0.29) is 19.8 Å². The Morgan fingerprint density at radius 2 is 1.42 bits per heavy atom. The molecule has 0 saturated heterocycles. The molecule has 4 nitrogen and oxygen atoms in total. The van der Waals surface area contributed by atoms with Crippen molar-refractivity contribution in [3.8, 4) is 0 Å². The van der Waals surface area contributed by atoms with Crippen molar-refractivity contribution < 1.29 is 20.4 Å². The quantitative estimate of drug-likeness (QED) is 0.429. The minimum Gasteiger partial charge on any atom is -0.396 e. The monoisotopic (exact) mass is 198 g/mol. The van der Waals surface area contributed by atoms with Crippen LogP contribution in [-0.2, 0) is 0 Å². The normalized spacial score (nSPS) is 11.8. The molecule has 76 valence electrons. The van der Waals surface area contributed by atoms with Crippen molar-refractivity contribution >= 4 is 11.8 Å². The van der Waals surface area contributed by atoms with Gasteiger partial charge in [0.05, 0.1) is 25.9 Å². The third kappa shape index (κ3) is 22.5. The summed E-state index contributed by atoms with van der Waals surface area (Å²) in [6.07, 6.45) is -0.560. The van der Waals surface area contributed by atoms with Gasteiger partial charge in [-0.1, -0.05) is 0 Å². The van der Waals surface area contributed by atoms with Gasteiger partial charge >= 0.3 is 0 Å². The molecule has 0 aromatic rings. The van der Waals surface area contributed by atoms with Gasteiger partial charge in [-0.15, -0.1) is 0 Å². The Labute approximate surface area is 77.2 Å². The van der Waals surface area contributed by atoms with Crippen LogP contribution in [0.25, 0.3) is 0 Å². The van der Waals surface area contributed by atoms with Gasteiger partial charge in [-0.25, -0.2) is 0 Å². The average Bonchev–Trinajstić information content (AvgIpc) is 2.07. The Morgan fingerprint density at radius 3 is 1.58 bits per heavy atom. The van der Waals surface area contributed by atoms with Gasteiger partial charge in [-0.05, 0) is 6.92 Å². The Balaban J connectivity index is 0. The summed E-state index contributed by atoms with van der Waals surface area (Å²) in [4.78, 5) is 0. The summed E-state index contributed by atoms with van der Waals surface area (Å²) in [5.74, 6) is 1.47. The molecule has 4 N–H and O–H groups in total. The van der Waals surface area contributed by atoms with E-state index in [0.717, 1.165) is 11.5 Å². The minimum absolute atomic E-state index is 0.139. The van der Waals surface area contributed by atoms with Crippen molar-refractivity contribution in [2.75, 3.05) is 31.3 Å². The zero-order valence-corrected chi connectivity index (χ0v) is 8.13. The van der Waals surface area contributed by atoms with E-state index in [9.17, 15) is 0 Å². The summed E-state index contributed by atoms with van der Waals surface area (Å²) < 4.78 is 0. The second kappa shape index (κ2) is 13.8. The third-order valence-electron chi connectivity index (χ3n) is 0.735. The van der Waals surface area contributed by atoms with E-state index in [0.29, 0.717) is 0 Å². The van der Waals surface area contributed by atoms with E-state index in [1.54, 1.807) is 11.8 Å². The summed E-state index contributed by atoms with van der Waals surface area (Å²) in [5.41, 5.74) is 0. The molecule has 0 aliphatic carbocycles. The fraction of sp³-hybridized carbons (Fsp3) is 1.00. The first-order valence-corrected chi connectivity index (χ1v) is 4.92. The number of thioether (sulfide) groups is 1. The Bertz CT molecular complexity index is 66.4. The maximum atomic E-state index is 8.19. The van der Waals surface area contributed by atoms with Gasteiger partial charge in [0.1, 0.15) is 0 Å². The molecule has 0 aromatic heterocycles. The first kappa shape index (κ1) is 14.7. The van der Waals surface area contributed by atoms with Crippen molar-refractivity contribution in [3.63, 3.8) is 0 Å². The molecular weight excluding hydrogens is 180 g/mol. The van der Waals surface area contributed by atoms with Crippen molar-refractivity contribution in [1.82, 2.24) is 0 Å². The number of aliphatic hydroxyl groups excluding tert-OH is 4. The van der Waals surface area contributed by atoms with Gasteiger partial charge in [0.2, 0.25) is 0 Å². The lowest BCUT2D eigenvalue weighted by molar-refractivity contribution is 0.110. The molecule has 1 atom stereocenters. The van der Waals surface area contributed by atoms with Crippen molar-refractivity contribution in [3.05, 3.63) is 0 Å². The van der Waals surface area contributed by atoms with Crippen LogP contribution in [0.1, 0.15) is 6.92 Å². The van der Waals surface area contributed by atoms with Crippen LogP contribution in [0.2, 0.25) is 0 Å². The lowest BCUT2D eigenvalue weighted by Gasteiger charge is -1.90. The molecule has 0 amide bonds. The van der Waals surface area contributed by atoms with E-state index in [1.807, 2.05) is 0 Å². The summed E-state index contributed by atoms with van der Waals surface area (Å²) in [6, 6.07) is 0. The van der Waals surface area contributed by atoms with Crippen LogP contribution in [0.4, 0.5) is 0 Å². The summed E-state index contributed by atoms with van der Waals surface area (Å²) in [7, 11) is 0. The average molecular weight is 198 g/mol. The van der Waals surface area contributed by atoms with Crippen LogP contribution in [0.15, 0.2) is 0 Å². The van der Waals surface area contributed by atoms with E-state index >= 15 is 0 Å². The molecule has 0 rings (SSSR count). The molecule has 1 unspecified atom stereocenters. The van der Waals surface area contributed by atoms with Crippen LogP contribution in [0, 0.1) is 0 Å². The van der Waals surface area contributed by atoms with Gasteiger partial charge in [0.25, 0.3) is 0 Å². The lowest BCUT2D eigenvalue weighted by Crippen LogP contribution is -2.03. The summed E-state index contributed by atoms with van der Waals surface area (Å²) in [6.45, 7) is 1.81. The molecule has 0 aromatic carbocycles. The van der Waals surface area contributed by atoms with E-state index < -0.39 is 6.10 Å². The largest absolute Gasteiger partial charge is 0.396 e. The lowest BCUT2D eigenvalue weighted by atomic mass is 10.5. The van der Waals surface area contributed by atoms with E-state index in [4.69, 9.17) is 20.4 Å². The SMILES string of the molecule is CC(O)CO.OCCSCCO. The van der Waals surface area contributed by atoms with Crippen LogP contribution in [0.5, 0.6) is 0 Å². The molecule has 0 fully saturated rings. The molecular formula is C7H18O4S. The number of rotatable bonds is 5. The first-order valence-electron chi connectivity index (χ1n) is 3.77. The Morgan fingerprint density at radius 1 is 1.08 bits per heavy atom. The highest BCUT2D eigenvalue weighted by molar-refractivity contribution is 7.99. The van der Waals surface area contributed by atoms with Gasteiger partial charge in [-0.3, -0.25) is 0 Å². The fourth-order valence-electron chi connectivity index (χ4n) is 0.231. The zero-order chi connectivity index (χ0) is 9.82. The van der Waals surface area contributed by atoms with Gasteiger partial charge in [0.15, 0.2) is 0 Å². The third-order valence-corrected chi connectivity index (χ3v) is 1.68. The molecule has 5 heteroatoms. The van der Waals surface area contributed by atoms with Crippen molar-refractivity contribution in [1.29, 1.82) is 0 Å². The van der Waals surface area contributed by atoms with Gasteiger partial charge < -0.3 is 20.4 Å². The Kier molecular flexibility index (Phi) is 16.9. The van der Waals surface area contributed by atoms with E-state index in [2.05, 4.69) is 0 Å². The highest BCUT2D eigenvalue weighted by Gasteiger charge is 1.83. The molecule has 12 heavy (non-hydrogen) atoms. The van der Waals surface area contributed by atoms with Crippen molar-refractivity contribution in [2.45, 2.75) is 13.0 Å². The molecule has 0 saturated carbocycles. The summed E-state index contributed by atoms with van der Waals surface area (Å²) >= 11 is 1.55. The summed E-state index contributed by atoms with van der Waals surface area (Å²) in [5, 5.41) is 32.4. The van der Waals surface area contributed by atoms with Crippen LogP contribution in [-0.4, -0.2) is 57.9 Å². The van der Waals surface area contributed by atoms with Gasteiger partial charge in [-0.2, -0.15) is 11.8 Å². The highest BCUT2D eigenvalue weighted by Crippen LogP contribution is 1.94. The second-order valence-corrected chi connectivity index (χ2v) is 3.32. The predicted octanol–water partition coefficient (Wildman–Crippen LogP) is -0.936. The predicted molar refractivity (Wildman–Crippen MR) is 50.3 cm³/mol. The molecule has 0 spiro atoms. The molecule has 0 bridgehead atoms. The van der Waals surface area contributed by atoms with E-state index in [1.165, 1.54) is 6.92 Å². The minimum atomic E-state index is -0.560. The molecule has 0 radical (unpaired) electrons. The first-order chi connectivity index (χ1) is 5.68. The second-order valence-electron chi connectivity index (χ2n) is 2.09. The van der Waals surface area contributed by atoms with Gasteiger partial charge in [0, 0.05) is 11.5 Å². The molecule has 0 aliphatic heterocycles. The highest BCUT2D eigenvalue weighted by atomic mass is 32.2.